The lowest BCUT2D eigenvalue weighted by atomic mass is 10.1. The second-order valence-corrected chi connectivity index (χ2v) is 7.55. The minimum Gasteiger partial charge on any atom is -0.383 e. The molecule has 0 saturated heterocycles. The van der Waals surface area contributed by atoms with Gasteiger partial charge in [0, 0.05) is 0 Å². The number of Topliss-reactive ketones (excluding diaryl/α,β-unsaturated/α-hetero) is 1. The molecule has 128 valence electrons. The number of nitrogens with two attached hydrogens (primary N) is 1. The molecule has 8 heteroatoms. The van der Waals surface area contributed by atoms with Gasteiger partial charge in [0.25, 0.3) is 0 Å². The van der Waals surface area contributed by atoms with E-state index in [-0.39, 0.29) is 28.5 Å². The lowest BCUT2D eigenvalue weighted by Crippen LogP contribution is -2.06. The minimum absolute atomic E-state index is 0.0644. The summed E-state index contributed by atoms with van der Waals surface area (Å²) in [6.45, 7) is 3.60. The number of nitrogens with zero attached hydrogens (tertiary/aromatic N) is 4. The number of pyridine rings is 1. The number of thioether (sulfide) groups is 1. The van der Waals surface area contributed by atoms with Crippen molar-refractivity contribution in [2.45, 2.75) is 18.9 Å². The molecular formula is C18H13N5OS2. The van der Waals surface area contributed by atoms with Crippen molar-refractivity contribution in [1.82, 2.24) is 9.97 Å². The first-order valence-corrected chi connectivity index (χ1v) is 9.39. The molecule has 0 amide bonds. The quantitative estimate of drug-likeness (QED) is 0.543. The molecule has 0 aliphatic carbocycles. The first-order chi connectivity index (χ1) is 12.5. The number of fused-ring (bicyclic) bond motifs is 1. The van der Waals surface area contributed by atoms with Crippen LogP contribution in [0.15, 0.2) is 23.2 Å². The number of rotatable bonds is 4. The lowest BCUT2D eigenvalue weighted by molar-refractivity contribution is 0.102. The summed E-state index contributed by atoms with van der Waals surface area (Å²) in [6, 6.07) is 9.82. The van der Waals surface area contributed by atoms with Crippen LogP contribution in [-0.2, 0) is 0 Å². The van der Waals surface area contributed by atoms with Gasteiger partial charge in [0.05, 0.1) is 27.1 Å². The summed E-state index contributed by atoms with van der Waals surface area (Å²) in [7, 11) is 0. The number of aromatic nitrogens is 2. The molecule has 2 aromatic heterocycles. The Hall–Kier alpha value is -2.94. The fourth-order valence-corrected chi connectivity index (χ4v) is 4.46. The molecule has 6 nitrogen and oxygen atoms in total. The van der Waals surface area contributed by atoms with Gasteiger partial charge in [-0.3, -0.25) is 4.79 Å². The van der Waals surface area contributed by atoms with Gasteiger partial charge < -0.3 is 5.73 Å². The first kappa shape index (κ1) is 17.9. The van der Waals surface area contributed by atoms with Crippen molar-refractivity contribution < 1.29 is 4.79 Å². The fraction of sp³-hybridized carbons (Fsp3) is 0.167. The van der Waals surface area contributed by atoms with Crippen LogP contribution in [0, 0.1) is 36.5 Å². The van der Waals surface area contributed by atoms with Gasteiger partial charge in [0.1, 0.15) is 23.0 Å². The highest BCUT2D eigenvalue weighted by Gasteiger charge is 2.19. The third kappa shape index (κ3) is 3.13. The van der Waals surface area contributed by atoms with Crippen molar-refractivity contribution in [3.8, 4) is 12.1 Å². The Labute approximate surface area is 158 Å². The maximum atomic E-state index is 12.5. The van der Waals surface area contributed by atoms with Crippen molar-refractivity contribution in [3.05, 3.63) is 45.5 Å². The van der Waals surface area contributed by atoms with Crippen LogP contribution in [0.1, 0.15) is 32.1 Å². The van der Waals surface area contributed by atoms with Gasteiger partial charge in [0.2, 0.25) is 5.78 Å². The molecule has 26 heavy (non-hydrogen) atoms. The molecule has 0 fully saturated rings. The van der Waals surface area contributed by atoms with E-state index in [0.29, 0.717) is 15.6 Å². The van der Waals surface area contributed by atoms with Gasteiger partial charge in [0.15, 0.2) is 5.01 Å². The van der Waals surface area contributed by atoms with Crippen LogP contribution in [-0.4, -0.2) is 21.5 Å². The smallest absolute Gasteiger partial charge is 0.201 e. The number of aryl methyl sites for hydroxylation is 1. The molecule has 0 aliphatic heterocycles. The van der Waals surface area contributed by atoms with Gasteiger partial charge in [-0.05, 0) is 31.0 Å². The van der Waals surface area contributed by atoms with Gasteiger partial charge in [-0.1, -0.05) is 23.9 Å². The number of hydrogen-bond acceptors (Lipinski definition) is 8. The van der Waals surface area contributed by atoms with E-state index in [1.165, 1.54) is 11.3 Å². The standard InChI is InChI=1S/C18H13N5OS2/c1-9-4-3-5-14-15(9)22-18(26-14)13(24)8-25-17-12(7-20)10(2)11(6-19)16(21)23-17/h3-5H,8H2,1-2H3,(H2,21,23). The highest BCUT2D eigenvalue weighted by atomic mass is 32.2. The number of para-hydroxylation sites is 1. The second kappa shape index (κ2) is 7.12. The third-order valence-corrected chi connectivity index (χ3v) is 5.90. The second-order valence-electron chi connectivity index (χ2n) is 5.55. The molecule has 2 heterocycles. The third-order valence-electron chi connectivity index (χ3n) is 3.86. The van der Waals surface area contributed by atoms with E-state index in [2.05, 4.69) is 9.97 Å². The van der Waals surface area contributed by atoms with Crippen molar-refractivity contribution in [3.63, 3.8) is 0 Å². The Morgan fingerprint density at radius 1 is 1.23 bits per heavy atom. The largest absolute Gasteiger partial charge is 0.383 e. The number of nitrogen functional groups attached to an aromatic ring is 1. The summed E-state index contributed by atoms with van der Waals surface area (Å²) >= 11 is 2.48. The molecule has 2 N–H and O–H groups in total. The highest BCUT2D eigenvalue weighted by Crippen LogP contribution is 2.30. The summed E-state index contributed by atoms with van der Waals surface area (Å²) < 4.78 is 0.965. The van der Waals surface area contributed by atoms with E-state index in [0.717, 1.165) is 27.5 Å². The summed E-state index contributed by atoms with van der Waals surface area (Å²) in [5.74, 6) is 0.0159. The number of thiazole rings is 1. The fourth-order valence-electron chi connectivity index (χ4n) is 2.48. The molecule has 0 atom stereocenters. The van der Waals surface area contributed by atoms with Crippen LogP contribution >= 0.6 is 23.1 Å². The Morgan fingerprint density at radius 2 is 1.96 bits per heavy atom. The molecule has 0 spiro atoms. The number of carbonyl (C=O) groups is 1. The Kier molecular flexibility index (Phi) is 4.90. The number of carbonyl (C=O) groups excluding carboxylic acids is 1. The number of anilines is 1. The van der Waals surface area contributed by atoms with E-state index < -0.39 is 0 Å². The van der Waals surface area contributed by atoms with Crippen molar-refractivity contribution in [1.29, 1.82) is 10.5 Å². The van der Waals surface area contributed by atoms with Gasteiger partial charge in [-0.25, -0.2) is 9.97 Å². The topological polar surface area (TPSA) is 116 Å². The molecule has 3 rings (SSSR count). The first-order valence-electron chi connectivity index (χ1n) is 7.58. The SMILES string of the molecule is Cc1c(C#N)c(N)nc(SCC(=O)c2nc3c(C)cccc3s2)c1C#N. The summed E-state index contributed by atoms with van der Waals surface area (Å²) in [5, 5.41) is 19.3. The van der Waals surface area contributed by atoms with E-state index in [1.807, 2.05) is 37.3 Å². The van der Waals surface area contributed by atoms with E-state index in [4.69, 9.17) is 11.0 Å². The Morgan fingerprint density at radius 3 is 2.62 bits per heavy atom. The lowest BCUT2D eigenvalue weighted by Gasteiger charge is -2.08. The minimum atomic E-state index is -0.137. The molecule has 1 aromatic carbocycles. The van der Waals surface area contributed by atoms with Gasteiger partial charge in [-0.2, -0.15) is 10.5 Å². The Bertz CT molecular complexity index is 1120. The summed E-state index contributed by atoms with van der Waals surface area (Å²) in [5.41, 5.74) is 8.59. The maximum Gasteiger partial charge on any atom is 0.201 e. The van der Waals surface area contributed by atoms with Crippen LogP contribution in [0.2, 0.25) is 0 Å². The number of nitriles is 2. The summed E-state index contributed by atoms with van der Waals surface area (Å²) in [4.78, 5) is 21.1. The van der Waals surface area contributed by atoms with Crippen molar-refractivity contribution in [2.75, 3.05) is 11.5 Å². The average molecular weight is 379 g/mol. The normalized spacial score (nSPS) is 10.5. The molecule has 0 aliphatic rings. The monoisotopic (exact) mass is 379 g/mol. The average Bonchev–Trinajstić information content (AvgIpc) is 3.05. The van der Waals surface area contributed by atoms with Gasteiger partial charge >= 0.3 is 0 Å². The molecular weight excluding hydrogens is 366 g/mol. The van der Waals surface area contributed by atoms with E-state index in [1.54, 1.807) is 6.92 Å². The van der Waals surface area contributed by atoms with Crippen molar-refractivity contribution >= 4 is 44.9 Å². The van der Waals surface area contributed by atoms with Crippen LogP contribution in [0.5, 0.6) is 0 Å². The molecule has 0 bridgehead atoms. The van der Waals surface area contributed by atoms with E-state index in [9.17, 15) is 10.1 Å². The zero-order chi connectivity index (χ0) is 18.8. The molecule has 0 saturated carbocycles. The predicted molar refractivity (Wildman–Crippen MR) is 102 cm³/mol. The van der Waals surface area contributed by atoms with Crippen LogP contribution < -0.4 is 5.73 Å². The van der Waals surface area contributed by atoms with Crippen molar-refractivity contribution in [2.24, 2.45) is 0 Å². The molecule has 0 radical (unpaired) electrons. The maximum absolute atomic E-state index is 12.5. The van der Waals surface area contributed by atoms with Crippen LogP contribution in [0.3, 0.4) is 0 Å². The zero-order valence-corrected chi connectivity index (χ0v) is 15.7. The van der Waals surface area contributed by atoms with Crippen LogP contribution in [0.25, 0.3) is 10.2 Å². The predicted octanol–water partition coefficient (Wildman–Crippen LogP) is 3.61. The van der Waals surface area contributed by atoms with E-state index >= 15 is 0 Å². The molecule has 0 unspecified atom stereocenters. The van der Waals surface area contributed by atoms with Gasteiger partial charge in [-0.15, -0.1) is 11.3 Å². The highest BCUT2D eigenvalue weighted by molar-refractivity contribution is 8.00. The summed E-state index contributed by atoms with van der Waals surface area (Å²) in [6.07, 6.45) is 0. The number of ketones is 1. The Balaban J connectivity index is 1.87. The number of benzene rings is 1. The van der Waals surface area contributed by atoms with Crippen LogP contribution in [0.4, 0.5) is 5.82 Å². The number of hydrogen-bond donors (Lipinski definition) is 1. The molecule has 3 aromatic rings. The zero-order valence-electron chi connectivity index (χ0n) is 14.0.